The maximum absolute atomic E-state index is 12.4. The average molecular weight is 362 g/mol. The molecule has 3 atom stereocenters. The van der Waals surface area contributed by atoms with Gasteiger partial charge in [-0.2, -0.15) is 0 Å². The van der Waals surface area contributed by atoms with Crippen molar-refractivity contribution in [2.24, 2.45) is 5.92 Å². The molecule has 2 aromatic rings. The topological polar surface area (TPSA) is 41.6 Å². The number of allylic oxidation sites excluding steroid dienone is 2. The maximum Gasteiger partial charge on any atom is 0.253 e. The van der Waals surface area contributed by atoms with Crippen molar-refractivity contribution in [3.63, 3.8) is 0 Å². The van der Waals surface area contributed by atoms with E-state index in [1.54, 1.807) is 19.0 Å². The molecule has 0 bridgehead atoms. The highest BCUT2D eigenvalue weighted by Crippen LogP contribution is 2.51. The quantitative estimate of drug-likeness (QED) is 0.808. The van der Waals surface area contributed by atoms with Crippen LogP contribution in [0.5, 0.6) is 5.75 Å². The molecule has 2 aromatic carbocycles. The Morgan fingerprint density at radius 3 is 2.78 bits per heavy atom. The van der Waals surface area contributed by atoms with E-state index in [2.05, 4.69) is 35.7 Å². The number of anilines is 1. The van der Waals surface area contributed by atoms with E-state index in [4.69, 9.17) is 4.74 Å². The molecule has 0 radical (unpaired) electrons. The molecule has 1 heterocycles. The second-order valence-electron chi connectivity index (χ2n) is 7.45. The Bertz CT molecular complexity index is 888. The summed E-state index contributed by atoms with van der Waals surface area (Å²) >= 11 is 0. The molecule has 1 aliphatic carbocycles. The fraction of sp³-hybridized carbons (Fsp3) is 0.348. The van der Waals surface area contributed by atoms with Crippen LogP contribution >= 0.6 is 0 Å². The number of benzene rings is 2. The number of hydrogen-bond acceptors (Lipinski definition) is 3. The number of amides is 1. The van der Waals surface area contributed by atoms with Crippen molar-refractivity contribution in [3.8, 4) is 5.75 Å². The van der Waals surface area contributed by atoms with Crippen molar-refractivity contribution in [2.75, 3.05) is 26.0 Å². The first kappa shape index (κ1) is 17.7. The lowest BCUT2D eigenvalue weighted by Crippen LogP contribution is -2.30. The van der Waals surface area contributed by atoms with E-state index in [0.29, 0.717) is 18.4 Å². The predicted molar refractivity (Wildman–Crippen MR) is 108 cm³/mol. The highest BCUT2D eigenvalue weighted by atomic mass is 16.5. The second-order valence-corrected chi connectivity index (χ2v) is 7.45. The number of ether oxygens (including phenoxy) is 1. The lowest BCUT2D eigenvalue weighted by molar-refractivity contribution is 0.0827. The summed E-state index contributed by atoms with van der Waals surface area (Å²) in [5.41, 5.74) is 4.27. The molecule has 4 heteroatoms. The molecule has 0 fully saturated rings. The Kier molecular flexibility index (Phi) is 4.65. The molecule has 4 nitrogen and oxygen atoms in total. The van der Waals surface area contributed by atoms with Crippen LogP contribution in [0.25, 0.3) is 0 Å². The Labute approximate surface area is 160 Å². The molecular formula is C23H26N2O2. The molecule has 4 rings (SSSR count). The summed E-state index contributed by atoms with van der Waals surface area (Å²) in [6, 6.07) is 14.5. The smallest absolute Gasteiger partial charge is 0.253 e. The van der Waals surface area contributed by atoms with E-state index >= 15 is 0 Å². The van der Waals surface area contributed by atoms with Gasteiger partial charge in [0.1, 0.15) is 5.75 Å². The first-order valence-electron chi connectivity index (χ1n) is 9.60. The van der Waals surface area contributed by atoms with Gasteiger partial charge in [0, 0.05) is 36.8 Å². The zero-order valence-corrected chi connectivity index (χ0v) is 16.1. The summed E-state index contributed by atoms with van der Waals surface area (Å²) in [6.45, 7) is 2.67. The van der Waals surface area contributed by atoms with Gasteiger partial charge < -0.3 is 15.0 Å². The van der Waals surface area contributed by atoms with Crippen LogP contribution in [0.15, 0.2) is 54.6 Å². The summed E-state index contributed by atoms with van der Waals surface area (Å²) in [6.07, 6.45) is 5.58. The Balaban J connectivity index is 1.74. The van der Waals surface area contributed by atoms with Crippen LogP contribution in [-0.4, -0.2) is 31.5 Å². The van der Waals surface area contributed by atoms with Gasteiger partial charge in [-0.25, -0.2) is 0 Å². The minimum atomic E-state index is 0.0418. The van der Waals surface area contributed by atoms with Crippen molar-refractivity contribution in [1.82, 2.24) is 4.90 Å². The third-order valence-electron chi connectivity index (χ3n) is 5.57. The van der Waals surface area contributed by atoms with Gasteiger partial charge in [0.05, 0.1) is 12.6 Å². The molecule has 1 amide bonds. The number of carbonyl (C=O) groups excluding carboxylic acids is 1. The fourth-order valence-electron chi connectivity index (χ4n) is 4.32. The standard InChI is InChI=1S/C23H26N2O2/c1-4-27-21-11-6-5-8-18(21)22-17-10-7-9-16(17)19-14-15(23(26)25(2)3)12-13-20(19)24-22/h5-9,11-14,16-17,22,24H,4,10H2,1-3H3. The largest absolute Gasteiger partial charge is 0.494 e. The molecule has 1 aliphatic heterocycles. The summed E-state index contributed by atoms with van der Waals surface area (Å²) in [4.78, 5) is 14.0. The summed E-state index contributed by atoms with van der Waals surface area (Å²) < 4.78 is 5.89. The number of hydrogen-bond donors (Lipinski definition) is 1. The number of nitrogens with zero attached hydrogens (tertiary/aromatic N) is 1. The Hall–Kier alpha value is -2.75. The minimum absolute atomic E-state index is 0.0418. The minimum Gasteiger partial charge on any atom is -0.494 e. The van der Waals surface area contributed by atoms with E-state index in [0.717, 1.165) is 23.4 Å². The van der Waals surface area contributed by atoms with Crippen LogP contribution in [0.1, 0.15) is 46.8 Å². The first-order chi connectivity index (χ1) is 13.1. The predicted octanol–water partition coefficient (Wildman–Crippen LogP) is 4.61. The van der Waals surface area contributed by atoms with Crippen molar-refractivity contribution in [1.29, 1.82) is 0 Å². The number of fused-ring (bicyclic) bond motifs is 3. The van der Waals surface area contributed by atoms with Crippen molar-refractivity contribution in [3.05, 3.63) is 71.3 Å². The average Bonchev–Trinajstić information content (AvgIpc) is 3.17. The molecule has 2 aliphatic rings. The van der Waals surface area contributed by atoms with Gasteiger partial charge >= 0.3 is 0 Å². The Morgan fingerprint density at radius 1 is 1.19 bits per heavy atom. The zero-order valence-electron chi connectivity index (χ0n) is 16.1. The van der Waals surface area contributed by atoms with Gasteiger partial charge in [0.25, 0.3) is 5.91 Å². The van der Waals surface area contributed by atoms with Gasteiger partial charge in [-0.15, -0.1) is 0 Å². The van der Waals surface area contributed by atoms with Gasteiger partial charge in [0.15, 0.2) is 0 Å². The van der Waals surface area contributed by atoms with Gasteiger partial charge in [-0.05, 0) is 49.1 Å². The third kappa shape index (κ3) is 3.09. The van der Waals surface area contributed by atoms with E-state index in [9.17, 15) is 4.79 Å². The maximum atomic E-state index is 12.4. The lowest BCUT2D eigenvalue weighted by atomic mass is 9.76. The highest BCUT2D eigenvalue weighted by Gasteiger charge is 2.39. The fourth-order valence-corrected chi connectivity index (χ4v) is 4.32. The normalized spacial score (nSPS) is 22.6. The number of para-hydroxylation sites is 1. The molecule has 3 unspecified atom stereocenters. The summed E-state index contributed by atoms with van der Waals surface area (Å²) in [5.74, 6) is 1.73. The zero-order chi connectivity index (χ0) is 19.0. The number of nitrogens with one attached hydrogen (secondary N) is 1. The van der Waals surface area contributed by atoms with Crippen molar-refractivity contribution >= 4 is 11.6 Å². The molecule has 0 aromatic heterocycles. The van der Waals surface area contributed by atoms with Crippen molar-refractivity contribution < 1.29 is 9.53 Å². The van der Waals surface area contributed by atoms with Crippen molar-refractivity contribution in [2.45, 2.75) is 25.3 Å². The number of rotatable bonds is 4. The molecular weight excluding hydrogens is 336 g/mol. The van der Waals surface area contributed by atoms with Gasteiger partial charge in [0.2, 0.25) is 0 Å². The van der Waals surface area contributed by atoms with Crippen LogP contribution in [0.3, 0.4) is 0 Å². The second kappa shape index (κ2) is 7.10. The SMILES string of the molecule is CCOc1ccccc1C1Nc2ccc(C(=O)N(C)C)cc2C2C=CCC21. The molecule has 1 N–H and O–H groups in total. The summed E-state index contributed by atoms with van der Waals surface area (Å²) in [5, 5.41) is 3.73. The highest BCUT2D eigenvalue weighted by molar-refractivity contribution is 5.94. The van der Waals surface area contributed by atoms with E-state index in [1.165, 1.54) is 11.1 Å². The Morgan fingerprint density at radius 2 is 2.00 bits per heavy atom. The van der Waals surface area contributed by atoms with Crippen LogP contribution in [0.4, 0.5) is 5.69 Å². The van der Waals surface area contributed by atoms with E-state index in [-0.39, 0.29) is 11.9 Å². The third-order valence-corrected chi connectivity index (χ3v) is 5.57. The molecule has 0 saturated carbocycles. The molecule has 140 valence electrons. The van der Waals surface area contributed by atoms with Crippen LogP contribution in [-0.2, 0) is 0 Å². The van der Waals surface area contributed by atoms with Gasteiger partial charge in [-0.1, -0.05) is 30.4 Å². The molecule has 0 spiro atoms. The molecule has 0 saturated heterocycles. The van der Waals surface area contributed by atoms with Crippen LogP contribution in [0, 0.1) is 5.92 Å². The monoisotopic (exact) mass is 362 g/mol. The van der Waals surface area contributed by atoms with Crippen LogP contribution < -0.4 is 10.1 Å². The lowest BCUT2D eigenvalue weighted by Gasteiger charge is -2.38. The summed E-state index contributed by atoms with van der Waals surface area (Å²) in [7, 11) is 3.58. The van der Waals surface area contributed by atoms with Gasteiger partial charge in [-0.3, -0.25) is 4.79 Å². The van der Waals surface area contributed by atoms with E-state index < -0.39 is 0 Å². The molecule has 27 heavy (non-hydrogen) atoms. The van der Waals surface area contributed by atoms with Crippen LogP contribution in [0.2, 0.25) is 0 Å². The van der Waals surface area contributed by atoms with E-state index in [1.807, 2.05) is 31.2 Å². The number of carbonyl (C=O) groups is 1. The first-order valence-corrected chi connectivity index (χ1v) is 9.60.